The van der Waals surface area contributed by atoms with E-state index < -0.39 is 0 Å². The Bertz CT molecular complexity index is 464. The van der Waals surface area contributed by atoms with Crippen LogP contribution in [0.2, 0.25) is 0 Å². The van der Waals surface area contributed by atoms with Gasteiger partial charge in [-0.05, 0) is 12.8 Å². The number of hydrogen-bond donors (Lipinski definition) is 4. The molecule has 1 saturated heterocycles. The van der Waals surface area contributed by atoms with Crippen molar-refractivity contribution in [2.45, 2.75) is 39.7 Å². The minimum Gasteiger partial charge on any atom is -0.358 e. The lowest BCUT2D eigenvalue weighted by molar-refractivity contribution is -0.128. The number of hydrogen-bond acceptors (Lipinski definition) is 4. The molecule has 1 rings (SSSR count). The summed E-state index contributed by atoms with van der Waals surface area (Å²) >= 11 is 0. The van der Waals surface area contributed by atoms with Crippen LogP contribution >= 0.6 is 0 Å². The highest BCUT2D eigenvalue weighted by Gasteiger charge is 2.22. The first kappa shape index (κ1) is 21.2. The van der Waals surface area contributed by atoms with Crippen molar-refractivity contribution in [1.82, 2.24) is 26.2 Å². The van der Waals surface area contributed by atoms with Crippen LogP contribution in [-0.4, -0.2) is 75.5 Å². The molecule has 0 aromatic rings. The quantitative estimate of drug-likeness (QED) is 0.294. The molecule has 8 nitrogen and oxygen atoms in total. The van der Waals surface area contributed by atoms with Gasteiger partial charge in [-0.15, -0.1) is 0 Å². The molecule has 2 amide bonds. The third-order valence-corrected chi connectivity index (χ3v) is 4.18. The van der Waals surface area contributed by atoms with Gasteiger partial charge in [0.05, 0.1) is 6.54 Å². The highest BCUT2D eigenvalue weighted by atomic mass is 16.2. The van der Waals surface area contributed by atoms with E-state index in [-0.39, 0.29) is 17.2 Å². The molecule has 1 heterocycles. The van der Waals surface area contributed by atoms with Crippen molar-refractivity contribution >= 4 is 17.8 Å². The zero-order valence-electron chi connectivity index (χ0n) is 16.2. The van der Waals surface area contributed by atoms with Crippen LogP contribution in [0.1, 0.15) is 33.6 Å². The van der Waals surface area contributed by atoms with E-state index in [0.717, 1.165) is 31.9 Å². The van der Waals surface area contributed by atoms with Gasteiger partial charge in [0.1, 0.15) is 0 Å². The highest BCUT2D eigenvalue weighted by Crippen LogP contribution is 2.12. The molecule has 1 fully saturated rings. The van der Waals surface area contributed by atoms with Crippen LogP contribution in [0.25, 0.3) is 0 Å². The summed E-state index contributed by atoms with van der Waals surface area (Å²) in [6, 6.07) is 0.344. The standard InChI is InChI=1S/C17H34N6O2/c1-17(2,3)15(25)20-8-9-21-16(19-5)22-13-6-10-23(11-7-13)12-14(24)18-4/h13H,6-12H2,1-5H3,(H,18,24)(H,20,25)(H2,19,21,22). The van der Waals surface area contributed by atoms with Crippen molar-refractivity contribution < 1.29 is 9.59 Å². The fourth-order valence-corrected chi connectivity index (χ4v) is 2.53. The molecule has 0 atom stereocenters. The molecule has 0 aliphatic carbocycles. The van der Waals surface area contributed by atoms with E-state index in [1.54, 1.807) is 14.1 Å². The van der Waals surface area contributed by atoms with Crippen LogP contribution in [-0.2, 0) is 9.59 Å². The molecule has 0 unspecified atom stereocenters. The second-order valence-electron chi connectivity index (χ2n) is 7.37. The lowest BCUT2D eigenvalue weighted by atomic mass is 9.96. The van der Waals surface area contributed by atoms with Crippen LogP contribution in [0.3, 0.4) is 0 Å². The highest BCUT2D eigenvalue weighted by molar-refractivity contribution is 5.82. The summed E-state index contributed by atoms with van der Waals surface area (Å²) in [5, 5.41) is 12.2. The molecular formula is C17H34N6O2. The van der Waals surface area contributed by atoms with Crippen LogP contribution in [0.15, 0.2) is 4.99 Å². The Balaban J connectivity index is 2.25. The van der Waals surface area contributed by atoms with E-state index in [1.165, 1.54) is 0 Å². The molecule has 0 saturated carbocycles. The van der Waals surface area contributed by atoms with E-state index in [2.05, 4.69) is 31.2 Å². The van der Waals surface area contributed by atoms with Crippen LogP contribution in [0, 0.1) is 5.41 Å². The Morgan fingerprint density at radius 1 is 1.12 bits per heavy atom. The van der Waals surface area contributed by atoms with Gasteiger partial charge in [0.2, 0.25) is 11.8 Å². The summed E-state index contributed by atoms with van der Waals surface area (Å²) in [6.45, 7) is 9.11. The number of amides is 2. The van der Waals surface area contributed by atoms with Gasteiger partial charge in [-0.1, -0.05) is 20.8 Å². The predicted octanol–water partition coefficient (Wildman–Crippen LogP) is -0.476. The van der Waals surface area contributed by atoms with E-state index >= 15 is 0 Å². The van der Waals surface area contributed by atoms with Crippen molar-refractivity contribution in [3.63, 3.8) is 0 Å². The second kappa shape index (κ2) is 10.2. The Morgan fingerprint density at radius 3 is 2.24 bits per heavy atom. The predicted molar refractivity (Wildman–Crippen MR) is 100 cm³/mol. The van der Waals surface area contributed by atoms with Gasteiger partial charge in [0.25, 0.3) is 0 Å². The molecule has 8 heteroatoms. The summed E-state index contributed by atoms with van der Waals surface area (Å²) in [5.41, 5.74) is -0.372. The zero-order chi connectivity index (χ0) is 18.9. The molecular weight excluding hydrogens is 320 g/mol. The first-order valence-corrected chi connectivity index (χ1v) is 8.94. The number of piperidine rings is 1. The maximum absolute atomic E-state index is 11.8. The lowest BCUT2D eigenvalue weighted by Crippen LogP contribution is -2.51. The number of carbonyl (C=O) groups is 2. The maximum atomic E-state index is 11.8. The Labute approximate surface area is 151 Å². The maximum Gasteiger partial charge on any atom is 0.233 e. The number of likely N-dealkylation sites (tertiary alicyclic amines) is 1. The first-order chi connectivity index (χ1) is 11.8. The van der Waals surface area contributed by atoms with Gasteiger partial charge >= 0.3 is 0 Å². The summed E-state index contributed by atoms with van der Waals surface area (Å²) in [4.78, 5) is 29.6. The molecule has 4 N–H and O–H groups in total. The minimum atomic E-state index is -0.372. The SMILES string of the molecule is CN=C(NCCNC(=O)C(C)(C)C)NC1CCN(CC(=O)NC)CC1. The number of guanidine groups is 1. The summed E-state index contributed by atoms with van der Waals surface area (Å²) in [7, 11) is 3.40. The number of nitrogens with zero attached hydrogens (tertiary/aromatic N) is 2. The second-order valence-corrected chi connectivity index (χ2v) is 7.37. The number of likely N-dealkylation sites (N-methyl/N-ethyl adjacent to an activating group) is 1. The minimum absolute atomic E-state index is 0.0423. The van der Waals surface area contributed by atoms with Crippen LogP contribution < -0.4 is 21.3 Å². The number of rotatable bonds is 6. The molecule has 0 aromatic heterocycles. The molecule has 0 radical (unpaired) electrons. The Morgan fingerprint density at radius 2 is 1.72 bits per heavy atom. The third-order valence-electron chi connectivity index (χ3n) is 4.18. The monoisotopic (exact) mass is 354 g/mol. The normalized spacial score (nSPS) is 17.1. The third kappa shape index (κ3) is 8.20. The zero-order valence-corrected chi connectivity index (χ0v) is 16.2. The smallest absolute Gasteiger partial charge is 0.233 e. The molecule has 0 spiro atoms. The van der Waals surface area contributed by atoms with Crippen molar-refractivity contribution in [1.29, 1.82) is 0 Å². The van der Waals surface area contributed by atoms with Gasteiger partial charge in [0, 0.05) is 51.7 Å². The fraction of sp³-hybridized carbons (Fsp3) is 0.824. The lowest BCUT2D eigenvalue weighted by Gasteiger charge is -2.32. The Kier molecular flexibility index (Phi) is 8.68. The molecule has 144 valence electrons. The van der Waals surface area contributed by atoms with Crippen LogP contribution in [0.5, 0.6) is 0 Å². The number of aliphatic imine (C=N–C) groups is 1. The van der Waals surface area contributed by atoms with Crippen molar-refractivity contribution in [2.24, 2.45) is 10.4 Å². The van der Waals surface area contributed by atoms with E-state index in [0.29, 0.717) is 25.7 Å². The van der Waals surface area contributed by atoms with Crippen molar-refractivity contribution in [2.75, 3.05) is 46.8 Å². The largest absolute Gasteiger partial charge is 0.358 e. The topological polar surface area (TPSA) is 97.9 Å². The van der Waals surface area contributed by atoms with E-state index in [4.69, 9.17) is 0 Å². The molecule has 1 aliphatic rings. The molecule has 25 heavy (non-hydrogen) atoms. The molecule has 0 aromatic carbocycles. The average Bonchev–Trinajstić information content (AvgIpc) is 2.57. The van der Waals surface area contributed by atoms with Gasteiger partial charge in [-0.25, -0.2) is 0 Å². The van der Waals surface area contributed by atoms with Gasteiger partial charge in [-0.2, -0.15) is 0 Å². The summed E-state index contributed by atoms with van der Waals surface area (Å²) < 4.78 is 0. The number of carbonyl (C=O) groups excluding carboxylic acids is 2. The van der Waals surface area contributed by atoms with E-state index in [9.17, 15) is 9.59 Å². The van der Waals surface area contributed by atoms with Crippen molar-refractivity contribution in [3.05, 3.63) is 0 Å². The van der Waals surface area contributed by atoms with Crippen LogP contribution in [0.4, 0.5) is 0 Å². The molecule has 0 bridgehead atoms. The first-order valence-electron chi connectivity index (χ1n) is 8.94. The average molecular weight is 354 g/mol. The summed E-state index contributed by atoms with van der Waals surface area (Å²) in [6.07, 6.45) is 1.94. The van der Waals surface area contributed by atoms with Gasteiger partial charge in [0.15, 0.2) is 5.96 Å². The fourth-order valence-electron chi connectivity index (χ4n) is 2.53. The van der Waals surface area contributed by atoms with Gasteiger partial charge < -0.3 is 21.3 Å². The number of nitrogens with one attached hydrogen (secondary N) is 4. The van der Waals surface area contributed by atoms with Crippen molar-refractivity contribution in [3.8, 4) is 0 Å². The molecule has 1 aliphatic heterocycles. The van der Waals surface area contributed by atoms with Gasteiger partial charge in [-0.3, -0.25) is 19.5 Å². The summed E-state index contributed by atoms with van der Waals surface area (Å²) in [5.74, 6) is 0.844. The Hall–Kier alpha value is -1.83. The van der Waals surface area contributed by atoms with E-state index in [1.807, 2.05) is 20.8 Å².